The molecule has 0 N–H and O–H groups in total. The normalized spacial score (nSPS) is 12.5. The minimum atomic E-state index is -1.07. The Kier molecular flexibility index (Phi) is 6.25. The molecule has 0 saturated carbocycles. The van der Waals surface area contributed by atoms with Gasteiger partial charge in [-0.1, -0.05) is 38.1 Å². The molecular formula is C24H25FN4OS. The summed E-state index contributed by atoms with van der Waals surface area (Å²) in [4.78, 5) is 7.35. The van der Waals surface area contributed by atoms with Crippen molar-refractivity contribution in [1.82, 2.24) is 19.5 Å². The fraction of sp³-hybridized carbons (Fsp3) is 0.250. The van der Waals surface area contributed by atoms with Crippen molar-refractivity contribution in [3.05, 3.63) is 72.2 Å². The molecule has 0 bridgehead atoms. The van der Waals surface area contributed by atoms with Crippen LogP contribution in [0, 0.1) is 5.82 Å². The van der Waals surface area contributed by atoms with Gasteiger partial charge in [0, 0.05) is 45.2 Å². The van der Waals surface area contributed by atoms with Gasteiger partial charge in [-0.05, 0) is 43.4 Å². The second kappa shape index (κ2) is 9.08. The van der Waals surface area contributed by atoms with Crippen molar-refractivity contribution in [2.24, 2.45) is 0 Å². The Morgan fingerprint density at radius 2 is 1.84 bits per heavy atom. The van der Waals surface area contributed by atoms with Crippen LogP contribution in [0.25, 0.3) is 28.2 Å². The molecule has 4 rings (SSSR count). The molecule has 1 atom stereocenters. The van der Waals surface area contributed by atoms with Gasteiger partial charge in [-0.15, -0.1) is 0 Å². The number of hydrogen-bond acceptors (Lipinski definition) is 4. The van der Waals surface area contributed by atoms with Crippen LogP contribution >= 0.6 is 0 Å². The second-order valence-corrected chi connectivity index (χ2v) is 8.76. The third-order valence-electron chi connectivity index (χ3n) is 5.46. The summed E-state index contributed by atoms with van der Waals surface area (Å²) < 4.78 is 28.4. The van der Waals surface area contributed by atoms with Crippen molar-refractivity contribution < 1.29 is 8.60 Å². The van der Waals surface area contributed by atoms with Crippen molar-refractivity contribution in [2.75, 3.05) is 19.3 Å². The van der Waals surface area contributed by atoms with Crippen LogP contribution in [0.4, 0.5) is 4.39 Å². The number of nitrogens with zero attached hydrogens (tertiary/aromatic N) is 4. The molecule has 0 aliphatic carbocycles. The highest BCUT2D eigenvalue weighted by Crippen LogP contribution is 2.26. The lowest BCUT2D eigenvalue weighted by Crippen LogP contribution is -2.22. The predicted octanol–water partition coefficient (Wildman–Crippen LogP) is 4.78. The Hall–Kier alpha value is -2.90. The van der Waals surface area contributed by atoms with E-state index in [1.807, 2.05) is 48.5 Å². The molecule has 0 aliphatic heterocycles. The maximum Gasteiger partial charge on any atom is 0.154 e. The van der Waals surface area contributed by atoms with E-state index in [2.05, 4.69) is 23.7 Å². The average Bonchev–Trinajstić information content (AvgIpc) is 3.21. The maximum atomic E-state index is 14.8. The number of benzene rings is 2. The van der Waals surface area contributed by atoms with Crippen molar-refractivity contribution in [3.63, 3.8) is 0 Å². The van der Waals surface area contributed by atoms with E-state index in [9.17, 15) is 8.60 Å². The van der Waals surface area contributed by atoms with Gasteiger partial charge in [0.2, 0.25) is 0 Å². The van der Waals surface area contributed by atoms with E-state index in [1.165, 1.54) is 0 Å². The summed E-state index contributed by atoms with van der Waals surface area (Å²) in [6.07, 6.45) is 3.37. The van der Waals surface area contributed by atoms with E-state index in [0.29, 0.717) is 17.8 Å². The molecule has 1 unspecified atom stereocenters. The Balaban J connectivity index is 1.72. The zero-order valence-corrected chi connectivity index (χ0v) is 18.7. The molecule has 2 aromatic carbocycles. The van der Waals surface area contributed by atoms with Crippen LogP contribution in [0.1, 0.15) is 19.4 Å². The number of aromatic nitrogens is 3. The molecule has 4 aromatic rings. The fourth-order valence-electron chi connectivity index (χ4n) is 3.58. The van der Waals surface area contributed by atoms with E-state index in [1.54, 1.807) is 23.0 Å². The Labute approximate surface area is 184 Å². The molecule has 5 nitrogen and oxygen atoms in total. The molecule has 2 aromatic heterocycles. The largest absolute Gasteiger partial charge is 0.300 e. The van der Waals surface area contributed by atoms with E-state index in [-0.39, 0.29) is 5.82 Å². The molecule has 7 heteroatoms. The van der Waals surface area contributed by atoms with Crippen LogP contribution < -0.4 is 0 Å². The van der Waals surface area contributed by atoms with Crippen LogP contribution in [0.5, 0.6) is 0 Å². The van der Waals surface area contributed by atoms with Gasteiger partial charge in [0.1, 0.15) is 5.82 Å². The highest BCUT2D eigenvalue weighted by molar-refractivity contribution is 7.84. The van der Waals surface area contributed by atoms with Crippen molar-refractivity contribution in [1.29, 1.82) is 0 Å². The zero-order valence-electron chi connectivity index (χ0n) is 17.9. The molecule has 0 spiro atoms. The highest BCUT2D eigenvalue weighted by atomic mass is 32.2. The summed E-state index contributed by atoms with van der Waals surface area (Å²) in [7, 11) is -1.07. The molecule has 2 heterocycles. The molecule has 160 valence electrons. The van der Waals surface area contributed by atoms with E-state index >= 15 is 0 Å². The van der Waals surface area contributed by atoms with Crippen LogP contribution in [0.2, 0.25) is 0 Å². The molecular weight excluding hydrogens is 411 g/mol. The first-order valence-corrected chi connectivity index (χ1v) is 11.9. The van der Waals surface area contributed by atoms with Gasteiger partial charge in [-0.2, -0.15) is 5.10 Å². The Morgan fingerprint density at radius 1 is 1.03 bits per heavy atom. The average molecular weight is 437 g/mol. The Bertz CT molecular complexity index is 1250. The van der Waals surface area contributed by atoms with Gasteiger partial charge in [-0.25, -0.2) is 13.9 Å². The monoisotopic (exact) mass is 436 g/mol. The van der Waals surface area contributed by atoms with Crippen LogP contribution in [-0.4, -0.2) is 43.1 Å². The third-order valence-corrected chi connectivity index (χ3v) is 6.38. The summed E-state index contributed by atoms with van der Waals surface area (Å²) in [5.74, 6) is -0.228. The lowest BCUT2D eigenvalue weighted by molar-refractivity contribution is 0.291. The third kappa shape index (κ3) is 4.43. The van der Waals surface area contributed by atoms with Crippen molar-refractivity contribution in [3.8, 4) is 22.5 Å². The zero-order chi connectivity index (χ0) is 22.0. The smallest absolute Gasteiger partial charge is 0.154 e. The van der Waals surface area contributed by atoms with Crippen LogP contribution in [0.3, 0.4) is 0 Å². The van der Waals surface area contributed by atoms with Crippen molar-refractivity contribution in [2.45, 2.75) is 25.3 Å². The van der Waals surface area contributed by atoms with Gasteiger partial charge in [0.15, 0.2) is 5.65 Å². The number of rotatable bonds is 7. The van der Waals surface area contributed by atoms with Gasteiger partial charge < -0.3 is 0 Å². The summed E-state index contributed by atoms with van der Waals surface area (Å²) >= 11 is 0. The minimum absolute atomic E-state index is 0.228. The molecule has 31 heavy (non-hydrogen) atoms. The second-order valence-electron chi connectivity index (χ2n) is 7.38. The van der Waals surface area contributed by atoms with Gasteiger partial charge >= 0.3 is 0 Å². The minimum Gasteiger partial charge on any atom is -0.300 e. The standard InChI is InChI=1S/C24H25FN4OS/c1-4-28(5-2)16-19-10-9-18(14-21(19)25)23-15-26-24-12-11-22(27-29(23)24)17-7-6-8-20(13-17)31(3)30/h6-15H,4-5,16H2,1-3H3. The summed E-state index contributed by atoms with van der Waals surface area (Å²) in [5.41, 5.74) is 4.41. The van der Waals surface area contributed by atoms with Gasteiger partial charge in [0.05, 0.1) is 17.6 Å². The quantitative estimate of drug-likeness (QED) is 0.418. The first kappa shape index (κ1) is 21.3. The van der Waals surface area contributed by atoms with Crippen molar-refractivity contribution >= 4 is 16.4 Å². The predicted molar refractivity (Wildman–Crippen MR) is 123 cm³/mol. The van der Waals surface area contributed by atoms with E-state index < -0.39 is 10.8 Å². The SMILES string of the molecule is CCN(CC)Cc1ccc(-c2cnc3ccc(-c4cccc(S(C)=O)c4)nn23)cc1F. The summed E-state index contributed by atoms with van der Waals surface area (Å²) in [5, 5.41) is 4.73. The van der Waals surface area contributed by atoms with Crippen LogP contribution in [0.15, 0.2) is 65.7 Å². The Morgan fingerprint density at radius 3 is 2.55 bits per heavy atom. The van der Waals surface area contributed by atoms with Crippen LogP contribution in [-0.2, 0) is 17.3 Å². The number of halogens is 1. The summed E-state index contributed by atoms with van der Waals surface area (Å²) in [6.45, 7) is 6.50. The molecule has 0 fully saturated rings. The van der Waals surface area contributed by atoms with Gasteiger partial charge in [0.25, 0.3) is 0 Å². The first-order chi connectivity index (χ1) is 15.0. The lowest BCUT2D eigenvalue weighted by atomic mass is 10.1. The molecule has 0 saturated heterocycles. The number of imidazole rings is 1. The summed E-state index contributed by atoms with van der Waals surface area (Å²) in [6, 6.07) is 16.6. The lowest BCUT2D eigenvalue weighted by Gasteiger charge is -2.18. The van der Waals surface area contributed by atoms with E-state index in [4.69, 9.17) is 5.10 Å². The van der Waals surface area contributed by atoms with Gasteiger partial charge in [-0.3, -0.25) is 9.11 Å². The highest BCUT2D eigenvalue weighted by Gasteiger charge is 2.13. The molecule has 0 aliphatic rings. The maximum absolute atomic E-state index is 14.8. The topological polar surface area (TPSA) is 50.5 Å². The first-order valence-electron chi connectivity index (χ1n) is 10.3. The number of fused-ring (bicyclic) bond motifs is 1. The molecule has 0 amide bonds. The number of hydrogen-bond donors (Lipinski definition) is 0. The fourth-order valence-corrected chi connectivity index (χ4v) is 4.14. The molecule has 0 radical (unpaired) electrons. The van der Waals surface area contributed by atoms with E-state index in [0.717, 1.165) is 40.5 Å².